The molecule has 1 rings (SSSR count). The Morgan fingerprint density at radius 2 is 1.88 bits per heavy atom. The van der Waals surface area contributed by atoms with E-state index < -0.39 is 17.5 Å². The molecule has 0 aliphatic carbocycles. The number of hydrogen-bond acceptors (Lipinski definition) is 2. The minimum atomic E-state index is -4.53. The van der Waals surface area contributed by atoms with Crippen molar-refractivity contribution in [1.82, 2.24) is 0 Å². The average Bonchev–Trinajstić information content (AvgIpc) is 2.15. The monoisotopic (exact) mass is 254 g/mol. The molecular formula is C10H10ClF3O2. The fourth-order valence-corrected chi connectivity index (χ4v) is 1.60. The van der Waals surface area contributed by atoms with Gasteiger partial charge in [-0.25, -0.2) is 0 Å². The summed E-state index contributed by atoms with van der Waals surface area (Å²) in [6.07, 6.45) is -3.96. The van der Waals surface area contributed by atoms with Crippen LogP contribution in [0.15, 0.2) is 12.1 Å². The number of aliphatic hydroxyl groups excluding tert-OH is 1. The number of rotatable bonds is 3. The minimum Gasteiger partial charge on any atom is -0.508 e. The number of aromatic hydroxyl groups is 1. The first kappa shape index (κ1) is 13.1. The average molecular weight is 255 g/mol. The normalized spacial score (nSPS) is 11.8. The van der Waals surface area contributed by atoms with E-state index in [0.717, 1.165) is 6.07 Å². The van der Waals surface area contributed by atoms with Crippen LogP contribution >= 0.6 is 11.6 Å². The lowest BCUT2D eigenvalue weighted by molar-refractivity contribution is -0.137. The van der Waals surface area contributed by atoms with Gasteiger partial charge >= 0.3 is 6.18 Å². The molecule has 1 aromatic carbocycles. The highest BCUT2D eigenvalue weighted by molar-refractivity contribution is 6.31. The Hall–Kier alpha value is -0.940. The lowest BCUT2D eigenvalue weighted by Crippen LogP contribution is -2.05. The van der Waals surface area contributed by atoms with Crippen LogP contribution < -0.4 is 0 Å². The van der Waals surface area contributed by atoms with Crippen LogP contribution in [0, 0.1) is 0 Å². The van der Waals surface area contributed by atoms with Crippen molar-refractivity contribution >= 4 is 11.6 Å². The fraction of sp³-hybridized carbons (Fsp3) is 0.400. The molecular weight excluding hydrogens is 245 g/mol. The molecule has 0 aromatic heterocycles. The van der Waals surface area contributed by atoms with Gasteiger partial charge in [-0.05, 0) is 25.0 Å². The second-order valence-corrected chi connectivity index (χ2v) is 3.69. The molecule has 0 aliphatic rings. The largest absolute Gasteiger partial charge is 0.508 e. The standard InChI is InChI=1S/C10H10ClF3O2/c11-8-4-6(10(12,13)14)5-9(16)7(8)2-1-3-15/h4-5,15-16H,1-3H2. The topological polar surface area (TPSA) is 40.5 Å². The molecule has 90 valence electrons. The van der Waals surface area contributed by atoms with E-state index >= 15 is 0 Å². The summed E-state index contributed by atoms with van der Waals surface area (Å²) in [5.74, 6) is -0.492. The van der Waals surface area contributed by atoms with Crippen molar-refractivity contribution in [3.05, 3.63) is 28.3 Å². The van der Waals surface area contributed by atoms with Crippen molar-refractivity contribution in [2.75, 3.05) is 6.61 Å². The molecule has 0 saturated heterocycles. The molecule has 2 nitrogen and oxygen atoms in total. The summed E-state index contributed by atoms with van der Waals surface area (Å²) >= 11 is 5.63. The molecule has 0 unspecified atom stereocenters. The van der Waals surface area contributed by atoms with Gasteiger partial charge in [-0.3, -0.25) is 0 Å². The third-order valence-electron chi connectivity index (χ3n) is 2.08. The number of hydrogen-bond donors (Lipinski definition) is 2. The summed E-state index contributed by atoms with van der Waals surface area (Å²) in [4.78, 5) is 0. The molecule has 0 saturated carbocycles. The summed E-state index contributed by atoms with van der Waals surface area (Å²) in [5, 5.41) is 17.8. The van der Waals surface area contributed by atoms with E-state index in [9.17, 15) is 18.3 Å². The number of alkyl halides is 3. The van der Waals surface area contributed by atoms with Crippen LogP contribution in [0.25, 0.3) is 0 Å². The molecule has 0 fully saturated rings. The Morgan fingerprint density at radius 3 is 2.31 bits per heavy atom. The van der Waals surface area contributed by atoms with Gasteiger partial charge in [0.05, 0.1) is 5.56 Å². The number of benzene rings is 1. The molecule has 0 aliphatic heterocycles. The van der Waals surface area contributed by atoms with Crippen LogP contribution in [0.3, 0.4) is 0 Å². The summed E-state index contributed by atoms with van der Waals surface area (Å²) in [6.45, 7) is -0.114. The molecule has 0 bridgehead atoms. The van der Waals surface area contributed by atoms with Crippen molar-refractivity contribution in [1.29, 1.82) is 0 Å². The Labute approximate surface area is 95.3 Å². The van der Waals surface area contributed by atoms with E-state index in [1.165, 1.54) is 0 Å². The van der Waals surface area contributed by atoms with Crippen molar-refractivity contribution < 1.29 is 23.4 Å². The lowest BCUT2D eigenvalue weighted by atomic mass is 10.1. The van der Waals surface area contributed by atoms with Gasteiger partial charge in [0.25, 0.3) is 0 Å². The van der Waals surface area contributed by atoms with Gasteiger partial charge in [-0.2, -0.15) is 13.2 Å². The zero-order valence-corrected chi connectivity index (χ0v) is 8.94. The molecule has 0 amide bonds. The van der Waals surface area contributed by atoms with Crippen molar-refractivity contribution in [2.24, 2.45) is 0 Å². The van der Waals surface area contributed by atoms with Gasteiger partial charge in [-0.1, -0.05) is 11.6 Å². The molecule has 0 spiro atoms. The predicted molar refractivity (Wildman–Crippen MR) is 53.5 cm³/mol. The summed E-state index contributed by atoms with van der Waals surface area (Å²) < 4.78 is 37.0. The van der Waals surface area contributed by atoms with Gasteiger partial charge in [0, 0.05) is 17.2 Å². The van der Waals surface area contributed by atoms with Crippen LogP contribution in [-0.4, -0.2) is 16.8 Å². The van der Waals surface area contributed by atoms with Crippen LogP contribution in [-0.2, 0) is 12.6 Å². The maximum atomic E-state index is 12.3. The molecule has 0 heterocycles. The predicted octanol–water partition coefficient (Wildman–Crippen LogP) is 2.99. The van der Waals surface area contributed by atoms with Gasteiger partial charge in [0.1, 0.15) is 5.75 Å². The van der Waals surface area contributed by atoms with E-state index in [-0.39, 0.29) is 23.6 Å². The van der Waals surface area contributed by atoms with Crippen molar-refractivity contribution in [2.45, 2.75) is 19.0 Å². The Morgan fingerprint density at radius 1 is 1.25 bits per heavy atom. The second kappa shape index (κ2) is 4.93. The third-order valence-corrected chi connectivity index (χ3v) is 2.42. The molecule has 1 aromatic rings. The van der Waals surface area contributed by atoms with Crippen LogP contribution in [0.5, 0.6) is 5.75 Å². The molecule has 0 radical (unpaired) electrons. The quantitative estimate of drug-likeness (QED) is 0.871. The van der Waals surface area contributed by atoms with Crippen molar-refractivity contribution in [3.8, 4) is 5.75 Å². The fourth-order valence-electron chi connectivity index (χ4n) is 1.29. The number of phenolic OH excluding ortho intramolecular Hbond substituents is 1. The smallest absolute Gasteiger partial charge is 0.416 e. The van der Waals surface area contributed by atoms with E-state index in [4.69, 9.17) is 16.7 Å². The molecule has 16 heavy (non-hydrogen) atoms. The maximum absolute atomic E-state index is 12.3. The minimum absolute atomic E-state index is 0.114. The van der Waals surface area contributed by atoms with Crippen LogP contribution in [0.1, 0.15) is 17.5 Å². The lowest BCUT2D eigenvalue weighted by Gasteiger charge is -2.11. The maximum Gasteiger partial charge on any atom is 0.416 e. The van der Waals surface area contributed by atoms with E-state index in [1.807, 2.05) is 0 Å². The van der Waals surface area contributed by atoms with Crippen LogP contribution in [0.4, 0.5) is 13.2 Å². The first-order valence-electron chi connectivity index (χ1n) is 4.55. The van der Waals surface area contributed by atoms with Crippen molar-refractivity contribution in [3.63, 3.8) is 0 Å². The van der Waals surface area contributed by atoms with Gasteiger partial charge < -0.3 is 10.2 Å². The Bertz CT molecular complexity index is 354. The first-order valence-corrected chi connectivity index (χ1v) is 4.93. The molecule has 6 heteroatoms. The third kappa shape index (κ3) is 3.02. The zero-order valence-electron chi connectivity index (χ0n) is 8.18. The van der Waals surface area contributed by atoms with E-state index in [2.05, 4.69) is 0 Å². The zero-order chi connectivity index (χ0) is 12.3. The van der Waals surface area contributed by atoms with Gasteiger partial charge in [0.15, 0.2) is 0 Å². The molecule has 2 N–H and O–H groups in total. The summed E-state index contributed by atoms with van der Waals surface area (Å²) in [5.41, 5.74) is -0.758. The highest BCUT2D eigenvalue weighted by Crippen LogP contribution is 2.36. The Kier molecular flexibility index (Phi) is 4.04. The van der Waals surface area contributed by atoms with Gasteiger partial charge in [-0.15, -0.1) is 0 Å². The highest BCUT2D eigenvalue weighted by Gasteiger charge is 2.32. The van der Waals surface area contributed by atoms with Crippen LogP contribution in [0.2, 0.25) is 5.02 Å². The van der Waals surface area contributed by atoms with E-state index in [1.54, 1.807) is 0 Å². The second-order valence-electron chi connectivity index (χ2n) is 3.28. The molecule has 0 atom stereocenters. The highest BCUT2D eigenvalue weighted by atomic mass is 35.5. The van der Waals surface area contributed by atoms with E-state index in [0.29, 0.717) is 12.5 Å². The Balaban J connectivity index is 3.08. The first-order chi connectivity index (χ1) is 7.36. The number of aliphatic hydroxyl groups is 1. The number of halogens is 4. The summed E-state index contributed by atoms with van der Waals surface area (Å²) in [6, 6.07) is 1.41. The SMILES string of the molecule is OCCCc1c(O)cc(C(F)(F)F)cc1Cl. The summed E-state index contributed by atoms with van der Waals surface area (Å²) in [7, 11) is 0. The van der Waals surface area contributed by atoms with Gasteiger partial charge in [0.2, 0.25) is 0 Å². The number of phenols is 1.